The van der Waals surface area contributed by atoms with E-state index < -0.39 is 10.0 Å². The molecule has 6 heteroatoms. The molecule has 24 heavy (non-hydrogen) atoms. The van der Waals surface area contributed by atoms with Gasteiger partial charge in [-0.1, -0.05) is 19.1 Å². The summed E-state index contributed by atoms with van der Waals surface area (Å²) < 4.78 is 25.8. The van der Waals surface area contributed by atoms with Crippen LogP contribution in [0.15, 0.2) is 18.2 Å². The molecule has 0 radical (unpaired) electrons. The van der Waals surface area contributed by atoms with Crippen LogP contribution in [0.4, 0.5) is 5.69 Å². The first-order valence-corrected chi connectivity index (χ1v) is 10.4. The number of hydrogen-bond acceptors (Lipinski definition) is 3. The Bertz CT molecular complexity index is 692. The van der Waals surface area contributed by atoms with Crippen LogP contribution in [-0.4, -0.2) is 45.1 Å². The smallest absolute Gasteiger partial charge is 0.232 e. The molecule has 134 valence electrons. The van der Waals surface area contributed by atoms with Crippen molar-refractivity contribution in [1.82, 2.24) is 4.90 Å². The molecule has 0 bridgehead atoms. The van der Waals surface area contributed by atoms with Crippen molar-refractivity contribution in [2.24, 2.45) is 5.92 Å². The third kappa shape index (κ3) is 4.50. The number of benzene rings is 1. The maximum atomic E-state index is 12.4. The summed E-state index contributed by atoms with van der Waals surface area (Å²) in [6.45, 7) is 7.82. The van der Waals surface area contributed by atoms with Gasteiger partial charge in [-0.25, -0.2) is 8.42 Å². The average Bonchev–Trinajstić information content (AvgIpc) is 2.50. The maximum Gasteiger partial charge on any atom is 0.232 e. The number of anilines is 1. The Morgan fingerprint density at radius 3 is 2.46 bits per heavy atom. The number of carbonyl (C=O) groups excluding carboxylic acids is 1. The monoisotopic (exact) mass is 352 g/mol. The average molecular weight is 353 g/mol. The summed E-state index contributed by atoms with van der Waals surface area (Å²) >= 11 is 0. The van der Waals surface area contributed by atoms with Crippen molar-refractivity contribution in [3.63, 3.8) is 0 Å². The Kier molecular flexibility index (Phi) is 5.91. The number of hydrogen-bond donors (Lipinski definition) is 0. The second-order valence-electron chi connectivity index (χ2n) is 6.87. The molecule has 0 spiro atoms. The van der Waals surface area contributed by atoms with E-state index in [-0.39, 0.29) is 18.9 Å². The van der Waals surface area contributed by atoms with Gasteiger partial charge in [-0.15, -0.1) is 0 Å². The standard InChI is InChI=1S/C18H28N2O3S/c1-14-8-11-19(12-9-14)18(21)10-13-20(24(4,22)23)17-7-5-6-15(2)16(17)3/h5-7,14H,8-13H2,1-4H3. The van der Waals surface area contributed by atoms with E-state index in [0.717, 1.165) is 37.1 Å². The molecule has 1 heterocycles. The van der Waals surface area contributed by atoms with Crippen LogP contribution >= 0.6 is 0 Å². The number of amides is 1. The predicted molar refractivity (Wildman–Crippen MR) is 97.7 cm³/mol. The summed E-state index contributed by atoms with van der Waals surface area (Å²) in [5.41, 5.74) is 2.64. The SMILES string of the molecule is Cc1cccc(N(CCC(=O)N2CCC(C)CC2)S(C)(=O)=O)c1C. The van der Waals surface area contributed by atoms with Gasteiger partial charge in [0.05, 0.1) is 11.9 Å². The lowest BCUT2D eigenvalue weighted by Crippen LogP contribution is -2.40. The van der Waals surface area contributed by atoms with Crippen LogP contribution in [0.3, 0.4) is 0 Å². The number of carbonyl (C=O) groups is 1. The zero-order valence-electron chi connectivity index (χ0n) is 15.1. The highest BCUT2D eigenvalue weighted by atomic mass is 32.2. The Labute approximate surface area is 145 Å². The number of rotatable bonds is 5. The molecule has 0 N–H and O–H groups in total. The third-order valence-corrected chi connectivity index (χ3v) is 6.09. The molecule has 1 amide bonds. The van der Waals surface area contributed by atoms with Gasteiger partial charge in [-0.2, -0.15) is 0 Å². The topological polar surface area (TPSA) is 57.7 Å². The lowest BCUT2D eigenvalue weighted by atomic mass is 9.99. The highest BCUT2D eigenvalue weighted by Gasteiger charge is 2.24. The lowest BCUT2D eigenvalue weighted by molar-refractivity contribution is -0.132. The third-order valence-electron chi connectivity index (χ3n) is 4.91. The van der Waals surface area contributed by atoms with E-state index in [2.05, 4.69) is 6.92 Å². The molecule has 0 aliphatic carbocycles. The minimum Gasteiger partial charge on any atom is -0.343 e. The van der Waals surface area contributed by atoms with E-state index in [1.54, 1.807) is 6.07 Å². The van der Waals surface area contributed by atoms with Gasteiger partial charge in [-0.3, -0.25) is 9.10 Å². The van der Waals surface area contributed by atoms with Crippen LogP contribution in [0.5, 0.6) is 0 Å². The minimum atomic E-state index is -3.43. The number of aryl methyl sites for hydroxylation is 1. The second kappa shape index (κ2) is 7.55. The lowest BCUT2D eigenvalue weighted by Gasteiger charge is -2.31. The van der Waals surface area contributed by atoms with E-state index in [1.807, 2.05) is 30.9 Å². The highest BCUT2D eigenvalue weighted by Crippen LogP contribution is 2.25. The van der Waals surface area contributed by atoms with Gasteiger partial charge < -0.3 is 4.90 Å². The molecule has 0 saturated carbocycles. The molecule has 2 rings (SSSR count). The Balaban J connectivity index is 2.11. The normalized spacial score (nSPS) is 16.2. The predicted octanol–water partition coefficient (Wildman–Crippen LogP) is 2.72. The van der Waals surface area contributed by atoms with Crippen molar-refractivity contribution in [2.75, 3.05) is 30.2 Å². The summed E-state index contributed by atoms with van der Waals surface area (Å²) in [6, 6.07) is 5.61. The van der Waals surface area contributed by atoms with Gasteiger partial charge >= 0.3 is 0 Å². The molecular formula is C18H28N2O3S. The Morgan fingerprint density at radius 2 is 1.88 bits per heavy atom. The summed E-state index contributed by atoms with van der Waals surface area (Å²) in [4.78, 5) is 14.3. The van der Waals surface area contributed by atoms with Gasteiger partial charge in [-0.05, 0) is 49.8 Å². The van der Waals surface area contributed by atoms with Gasteiger partial charge in [0.15, 0.2) is 0 Å². The van der Waals surface area contributed by atoms with Crippen LogP contribution in [0.2, 0.25) is 0 Å². The Hall–Kier alpha value is -1.56. The van der Waals surface area contributed by atoms with Crippen molar-refractivity contribution in [1.29, 1.82) is 0 Å². The molecule has 1 aromatic rings. The molecule has 0 aromatic heterocycles. The van der Waals surface area contributed by atoms with E-state index in [0.29, 0.717) is 11.6 Å². The van der Waals surface area contributed by atoms with Gasteiger partial charge in [0.2, 0.25) is 15.9 Å². The van der Waals surface area contributed by atoms with E-state index >= 15 is 0 Å². The number of likely N-dealkylation sites (tertiary alicyclic amines) is 1. The summed E-state index contributed by atoms with van der Waals surface area (Å²) in [6.07, 6.45) is 3.47. The number of sulfonamides is 1. The van der Waals surface area contributed by atoms with E-state index in [1.165, 1.54) is 10.6 Å². The molecule has 5 nitrogen and oxygen atoms in total. The molecule has 1 fully saturated rings. The fourth-order valence-electron chi connectivity index (χ4n) is 3.08. The first-order valence-electron chi connectivity index (χ1n) is 8.52. The van der Waals surface area contributed by atoms with Crippen LogP contribution in [0.25, 0.3) is 0 Å². The maximum absolute atomic E-state index is 12.4. The summed E-state index contributed by atoms with van der Waals surface area (Å²) in [7, 11) is -3.43. The largest absolute Gasteiger partial charge is 0.343 e. The molecule has 0 unspecified atom stereocenters. The molecule has 1 aliphatic rings. The van der Waals surface area contributed by atoms with Crippen LogP contribution in [0.1, 0.15) is 37.3 Å². The first kappa shape index (κ1) is 18.8. The minimum absolute atomic E-state index is 0.0425. The molecule has 1 aromatic carbocycles. The van der Waals surface area contributed by atoms with Crippen LogP contribution in [-0.2, 0) is 14.8 Å². The first-order chi connectivity index (χ1) is 11.2. The van der Waals surface area contributed by atoms with Gasteiger partial charge in [0, 0.05) is 26.1 Å². The highest BCUT2D eigenvalue weighted by molar-refractivity contribution is 7.92. The zero-order valence-corrected chi connectivity index (χ0v) is 15.9. The van der Waals surface area contributed by atoms with Crippen molar-refractivity contribution in [3.05, 3.63) is 29.3 Å². The number of nitrogens with zero attached hydrogens (tertiary/aromatic N) is 2. The second-order valence-corrected chi connectivity index (χ2v) is 8.77. The zero-order chi connectivity index (χ0) is 17.9. The quantitative estimate of drug-likeness (QED) is 0.819. The fraction of sp³-hybridized carbons (Fsp3) is 0.611. The van der Waals surface area contributed by atoms with Gasteiger partial charge in [0.25, 0.3) is 0 Å². The van der Waals surface area contributed by atoms with Crippen LogP contribution < -0.4 is 4.31 Å². The van der Waals surface area contributed by atoms with E-state index in [4.69, 9.17) is 0 Å². The Morgan fingerprint density at radius 1 is 1.25 bits per heavy atom. The van der Waals surface area contributed by atoms with Gasteiger partial charge in [0.1, 0.15) is 0 Å². The summed E-state index contributed by atoms with van der Waals surface area (Å²) in [5.74, 6) is 0.706. The summed E-state index contributed by atoms with van der Waals surface area (Å²) in [5, 5.41) is 0. The molecule has 1 aliphatic heterocycles. The van der Waals surface area contributed by atoms with Crippen molar-refractivity contribution in [2.45, 2.75) is 40.0 Å². The number of piperidine rings is 1. The van der Waals surface area contributed by atoms with Crippen LogP contribution in [0, 0.1) is 19.8 Å². The molecule has 1 saturated heterocycles. The fourth-order valence-corrected chi connectivity index (χ4v) is 4.06. The molecular weight excluding hydrogens is 324 g/mol. The van der Waals surface area contributed by atoms with E-state index in [9.17, 15) is 13.2 Å². The molecule has 0 atom stereocenters. The van der Waals surface area contributed by atoms with Crippen molar-refractivity contribution >= 4 is 21.6 Å². The van der Waals surface area contributed by atoms with Crippen molar-refractivity contribution in [3.8, 4) is 0 Å². The van der Waals surface area contributed by atoms with Crippen molar-refractivity contribution < 1.29 is 13.2 Å².